The third-order valence-corrected chi connectivity index (χ3v) is 10.1. The fraction of sp³-hybridized carbons (Fsp3) is 0.711. The molecule has 0 aliphatic heterocycles. The zero-order chi connectivity index (χ0) is 33.4. The molecule has 1 heterocycles. The fourth-order valence-corrected chi connectivity index (χ4v) is 7.30. The van der Waals surface area contributed by atoms with E-state index in [4.69, 9.17) is 5.11 Å². The Morgan fingerprint density at radius 3 is 2.30 bits per heavy atom. The molecule has 5 atom stereocenters. The maximum absolute atomic E-state index is 12.0. The number of unbranched alkanes of at least 4 members (excludes halogenated alkanes) is 7. The van der Waals surface area contributed by atoms with Crippen LogP contribution in [0.1, 0.15) is 134 Å². The third kappa shape index (κ3) is 12.7. The van der Waals surface area contributed by atoms with Gasteiger partial charge in [-0.05, 0) is 106 Å². The molecule has 0 unspecified atom stereocenters. The number of nitrogens with one attached hydrogen (secondary N) is 1. The first-order valence-electron chi connectivity index (χ1n) is 18.1. The van der Waals surface area contributed by atoms with Crippen LogP contribution in [0, 0.1) is 11.8 Å². The number of aromatic nitrogens is 1. The summed E-state index contributed by atoms with van der Waals surface area (Å²) in [6.45, 7) is 2.30. The van der Waals surface area contributed by atoms with Crippen molar-refractivity contribution in [2.24, 2.45) is 11.8 Å². The number of aryl methyl sites for hydroxylation is 1. The van der Waals surface area contributed by atoms with Gasteiger partial charge in [0.2, 0.25) is 0 Å². The number of hydrogen-bond acceptors (Lipinski definition) is 6. The molecule has 260 valence electrons. The molecule has 46 heavy (non-hydrogen) atoms. The molecule has 8 heteroatoms. The summed E-state index contributed by atoms with van der Waals surface area (Å²) in [6.07, 6.45) is 15.3. The summed E-state index contributed by atoms with van der Waals surface area (Å²) in [5.41, 5.74) is 2.75. The highest BCUT2D eigenvalue weighted by molar-refractivity contribution is 5.70. The van der Waals surface area contributed by atoms with Gasteiger partial charge in [-0.2, -0.15) is 0 Å². The molecule has 2 aromatic rings. The van der Waals surface area contributed by atoms with Crippen LogP contribution >= 0.6 is 0 Å². The quantitative estimate of drug-likeness (QED) is 0.0593. The molecule has 0 saturated heterocycles. The molecule has 0 spiro atoms. The van der Waals surface area contributed by atoms with E-state index in [0.29, 0.717) is 38.5 Å². The first-order valence-corrected chi connectivity index (χ1v) is 18.1. The highest BCUT2D eigenvalue weighted by Gasteiger charge is 2.42. The van der Waals surface area contributed by atoms with Gasteiger partial charge in [-0.25, -0.2) is 0 Å². The lowest BCUT2D eigenvalue weighted by Gasteiger charge is -2.32. The van der Waals surface area contributed by atoms with E-state index in [0.717, 1.165) is 80.3 Å². The first kappa shape index (κ1) is 38.1. The smallest absolute Gasteiger partial charge is 0.309 e. The van der Waals surface area contributed by atoms with Crippen LogP contribution in [-0.4, -0.2) is 66.0 Å². The van der Waals surface area contributed by atoms with Gasteiger partial charge in [0.05, 0.1) is 23.7 Å². The standard InChI is InChI=1S/C38H61NO7/c1-2-3-4-5-8-15-32(41)16-9-6-7-10-17-34(37(44)45)36(43)20-22-38(46)21-11-14-30(38)27-31-18-19-35(39-31)29-24-28(13-12-23-40)25-33(42)26-29/h18-19,24-26,30,32,34,36,39-43,46H,2-17,20-23,27H2,1H3,(H,44,45)/t30-,32-,34-,36+,38-/m0/s1. The normalized spacial score (nSPS) is 20.2. The second kappa shape index (κ2) is 20.1. The van der Waals surface area contributed by atoms with E-state index in [1.165, 1.54) is 25.7 Å². The molecular weight excluding hydrogens is 582 g/mol. The number of carbonyl (C=O) groups is 1. The lowest BCUT2D eigenvalue weighted by molar-refractivity contribution is -0.146. The summed E-state index contributed by atoms with van der Waals surface area (Å²) >= 11 is 0. The van der Waals surface area contributed by atoms with Gasteiger partial charge in [-0.15, -0.1) is 0 Å². The summed E-state index contributed by atoms with van der Waals surface area (Å²) in [7, 11) is 0. The number of phenolic OH excluding ortho intramolecular Hbond substituents is 1. The highest BCUT2D eigenvalue weighted by atomic mass is 16.4. The van der Waals surface area contributed by atoms with Crippen molar-refractivity contribution in [3.63, 3.8) is 0 Å². The number of phenols is 1. The summed E-state index contributed by atoms with van der Waals surface area (Å²) < 4.78 is 0. The summed E-state index contributed by atoms with van der Waals surface area (Å²) in [6, 6.07) is 9.43. The topological polar surface area (TPSA) is 154 Å². The molecule has 0 bridgehead atoms. The zero-order valence-corrected chi connectivity index (χ0v) is 28.1. The molecule has 3 rings (SSSR count). The van der Waals surface area contributed by atoms with Crippen LogP contribution in [0.2, 0.25) is 0 Å². The number of hydrogen-bond donors (Lipinski definition) is 7. The maximum atomic E-state index is 12.0. The molecule has 8 nitrogen and oxygen atoms in total. The minimum atomic E-state index is -1.000. The van der Waals surface area contributed by atoms with Gasteiger partial charge < -0.3 is 35.6 Å². The lowest BCUT2D eigenvalue weighted by atomic mass is 9.81. The van der Waals surface area contributed by atoms with Crippen LogP contribution in [0.3, 0.4) is 0 Å². The van der Waals surface area contributed by atoms with Crippen molar-refractivity contribution in [3.8, 4) is 17.0 Å². The van der Waals surface area contributed by atoms with Crippen molar-refractivity contribution in [2.75, 3.05) is 6.61 Å². The summed E-state index contributed by atoms with van der Waals surface area (Å²) in [4.78, 5) is 15.5. The maximum Gasteiger partial charge on any atom is 0.309 e. The van der Waals surface area contributed by atoms with E-state index in [2.05, 4.69) is 11.9 Å². The Balaban J connectivity index is 1.43. The molecule has 1 aromatic carbocycles. The van der Waals surface area contributed by atoms with E-state index in [-0.39, 0.29) is 30.8 Å². The fourth-order valence-electron chi connectivity index (χ4n) is 7.30. The predicted molar refractivity (Wildman–Crippen MR) is 183 cm³/mol. The van der Waals surface area contributed by atoms with Gasteiger partial charge in [0.15, 0.2) is 0 Å². The number of aliphatic carboxylic acids is 1. The second-order valence-corrected chi connectivity index (χ2v) is 13.9. The minimum Gasteiger partial charge on any atom is -0.508 e. The second-order valence-electron chi connectivity index (χ2n) is 13.9. The number of H-pyrrole nitrogens is 1. The molecule has 1 fully saturated rings. The van der Waals surface area contributed by atoms with Crippen LogP contribution in [0.4, 0.5) is 0 Å². The van der Waals surface area contributed by atoms with Crippen molar-refractivity contribution in [1.82, 2.24) is 4.98 Å². The lowest BCUT2D eigenvalue weighted by Crippen LogP contribution is -2.37. The van der Waals surface area contributed by atoms with Gasteiger partial charge >= 0.3 is 5.97 Å². The summed E-state index contributed by atoms with van der Waals surface area (Å²) in [5, 5.41) is 61.9. The van der Waals surface area contributed by atoms with E-state index >= 15 is 0 Å². The average Bonchev–Trinajstić information content (AvgIpc) is 3.64. The average molecular weight is 644 g/mol. The monoisotopic (exact) mass is 643 g/mol. The van der Waals surface area contributed by atoms with Crippen LogP contribution in [0.25, 0.3) is 11.3 Å². The van der Waals surface area contributed by atoms with Crippen molar-refractivity contribution in [3.05, 3.63) is 41.6 Å². The molecule has 0 radical (unpaired) electrons. The van der Waals surface area contributed by atoms with Crippen molar-refractivity contribution >= 4 is 5.97 Å². The Kier molecular flexibility index (Phi) is 16.6. The van der Waals surface area contributed by atoms with Crippen LogP contribution in [0.5, 0.6) is 5.75 Å². The van der Waals surface area contributed by atoms with Gasteiger partial charge in [-0.1, -0.05) is 71.1 Å². The molecular formula is C38H61NO7. The Labute approximate surface area is 276 Å². The van der Waals surface area contributed by atoms with Gasteiger partial charge in [-0.3, -0.25) is 4.79 Å². The largest absolute Gasteiger partial charge is 0.508 e. The number of aromatic hydroxyl groups is 1. The number of aliphatic hydroxyl groups excluding tert-OH is 3. The Bertz CT molecular complexity index is 1150. The molecule has 1 aromatic heterocycles. The van der Waals surface area contributed by atoms with E-state index < -0.39 is 23.6 Å². The molecule has 1 saturated carbocycles. The van der Waals surface area contributed by atoms with Crippen LogP contribution in [-0.2, 0) is 17.6 Å². The third-order valence-electron chi connectivity index (χ3n) is 10.1. The Hall–Kier alpha value is -2.39. The predicted octanol–water partition coefficient (Wildman–Crippen LogP) is 7.29. The first-order chi connectivity index (χ1) is 22.1. The van der Waals surface area contributed by atoms with E-state index in [9.17, 15) is 30.3 Å². The van der Waals surface area contributed by atoms with Crippen molar-refractivity contribution in [2.45, 2.75) is 153 Å². The molecule has 7 N–H and O–H groups in total. The summed E-state index contributed by atoms with van der Waals surface area (Å²) in [5.74, 6) is -1.63. The number of rotatable bonds is 24. The highest BCUT2D eigenvalue weighted by Crippen LogP contribution is 2.42. The number of aromatic amines is 1. The molecule has 0 amide bonds. The van der Waals surface area contributed by atoms with E-state index in [1.807, 2.05) is 18.2 Å². The number of aliphatic hydroxyl groups is 4. The molecule has 1 aliphatic rings. The number of benzene rings is 1. The van der Waals surface area contributed by atoms with Gasteiger partial charge in [0, 0.05) is 23.6 Å². The number of carboxylic acids is 1. The van der Waals surface area contributed by atoms with E-state index in [1.54, 1.807) is 12.1 Å². The number of carboxylic acid groups (broad SMARTS) is 1. The van der Waals surface area contributed by atoms with Crippen molar-refractivity contribution in [1.29, 1.82) is 0 Å². The van der Waals surface area contributed by atoms with Gasteiger partial charge in [0.1, 0.15) is 5.75 Å². The SMILES string of the molecule is CCCCCCC[C@H](O)CCCCCC[C@H](C(=O)O)[C@H](O)CC[C@@]1(O)CCC[C@H]1Cc1ccc(-c2cc(O)cc(CCCO)c2)[nH]1. The molecule has 1 aliphatic carbocycles. The van der Waals surface area contributed by atoms with Crippen molar-refractivity contribution < 1.29 is 35.4 Å². The Morgan fingerprint density at radius 2 is 1.63 bits per heavy atom. The zero-order valence-electron chi connectivity index (χ0n) is 28.1. The van der Waals surface area contributed by atoms with Crippen LogP contribution in [0.15, 0.2) is 30.3 Å². The van der Waals surface area contributed by atoms with Gasteiger partial charge in [0.25, 0.3) is 0 Å². The Morgan fingerprint density at radius 1 is 0.935 bits per heavy atom. The van der Waals surface area contributed by atoms with Crippen LogP contribution < -0.4 is 0 Å². The minimum absolute atomic E-state index is 0.00506.